The molecule has 0 radical (unpaired) electrons. The number of hydrogen-bond donors (Lipinski definition) is 6. The van der Waals surface area contributed by atoms with E-state index in [1.165, 1.54) is 13.2 Å². The number of primary amides is 1. The van der Waals surface area contributed by atoms with Gasteiger partial charge in [0.25, 0.3) is 5.91 Å². The third-order valence-electron chi connectivity index (χ3n) is 9.13. The SMILES string of the molecule is CCCN[C@@H]1C(O)=C(C(N)=O)C(=O)[C@@]2(O)C(O)=C3C(=O)c4c(O)cc([C@@H]5CCCN5CC)c(OC)c4C[C@H]3C[C@@H]12. The summed E-state index contributed by atoms with van der Waals surface area (Å²) in [4.78, 5) is 41.8. The molecule has 0 saturated carbocycles. The number of allylic oxidation sites excluding steroid dienone is 1. The molecule has 1 amide bonds. The third kappa shape index (κ3) is 3.86. The Morgan fingerprint density at radius 3 is 2.60 bits per heavy atom. The van der Waals surface area contributed by atoms with Crippen LogP contribution in [0.5, 0.6) is 11.5 Å². The first-order valence-electron chi connectivity index (χ1n) is 13.9. The van der Waals surface area contributed by atoms with Gasteiger partial charge in [0.05, 0.1) is 18.7 Å². The number of fused-ring (bicyclic) bond motifs is 3. The minimum absolute atomic E-state index is 0.0148. The number of carbonyl (C=O) groups excluding carboxylic acids is 3. The molecule has 1 heterocycles. The Morgan fingerprint density at radius 2 is 1.98 bits per heavy atom. The summed E-state index contributed by atoms with van der Waals surface area (Å²) < 4.78 is 5.85. The van der Waals surface area contributed by atoms with Gasteiger partial charge in [0.1, 0.15) is 28.6 Å². The predicted molar refractivity (Wildman–Crippen MR) is 144 cm³/mol. The standard InChI is InChI=1S/C29H37N3O8/c1-4-8-31-22-16-11-13-10-15-20(18(33)12-14(25(15)40-3)17-7-6-9-32(17)5-2)23(34)19(13)26(36)29(16,39)27(37)21(24(22)35)28(30)38/h12-13,16-17,22,31,33,35-36,39H,4-11H2,1-3H3,(H2,30,38)/t13-,16-,17-,22-,29-/m0/s1. The van der Waals surface area contributed by atoms with Crippen molar-refractivity contribution in [2.75, 3.05) is 26.7 Å². The van der Waals surface area contributed by atoms with Crippen LogP contribution in [0.4, 0.5) is 0 Å². The minimum Gasteiger partial charge on any atom is -0.510 e. The summed E-state index contributed by atoms with van der Waals surface area (Å²) in [5.41, 5.74) is 2.98. The van der Waals surface area contributed by atoms with Gasteiger partial charge in [0, 0.05) is 28.7 Å². The normalized spacial score (nSPS) is 30.3. The molecule has 11 heteroatoms. The van der Waals surface area contributed by atoms with E-state index < -0.39 is 58.0 Å². The highest BCUT2D eigenvalue weighted by molar-refractivity contribution is 6.24. The fourth-order valence-corrected chi connectivity index (χ4v) is 7.33. The summed E-state index contributed by atoms with van der Waals surface area (Å²) in [6.45, 7) is 6.06. The number of carbonyl (C=O) groups is 3. The number of amides is 1. The van der Waals surface area contributed by atoms with E-state index in [9.17, 15) is 34.8 Å². The number of Topliss-reactive ketones (excluding diaryl/α,β-unsaturated/α-hetero) is 2. The molecule has 5 rings (SSSR count). The summed E-state index contributed by atoms with van der Waals surface area (Å²) in [5.74, 6) is -6.19. The lowest BCUT2D eigenvalue weighted by Crippen LogP contribution is -2.64. The number of likely N-dealkylation sites (tertiary alicyclic amines) is 1. The van der Waals surface area contributed by atoms with Crippen LogP contribution in [0.15, 0.2) is 28.7 Å². The molecule has 5 atom stereocenters. The lowest BCUT2D eigenvalue weighted by Gasteiger charge is -2.49. The van der Waals surface area contributed by atoms with Gasteiger partial charge in [-0.05, 0) is 63.7 Å². The highest BCUT2D eigenvalue weighted by Crippen LogP contribution is 2.54. The summed E-state index contributed by atoms with van der Waals surface area (Å²) in [5, 5.41) is 48.3. The molecule has 1 aromatic rings. The van der Waals surface area contributed by atoms with E-state index in [2.05, 4.69) is 17.1 Å². The number of nitrogens with two attached hydrogens (primary N) is 1. The average molecular weight is 556 g/mol. The zero-order chi connectivity index (χ0) is 29.1. The molecule has 0 spiro atoms. The van der Waals surface area contributed by atoms with Crippen molar-refractivity contribution in [2.45, 2.75) is 63.6 Å². The summed E-state index contributed by atoms with van der Waals surface area (Å²) in [7, 11) is 1.52. The van der Waals surface area contributed by atoms with Crippen molar-refractivity contribution < 1.29 is 39.5 Å². The Kier molecular flexibility index (Phi) is 7.18. The maximum atomic E-state index is 13.9. The first kappa shape index (κ1) is 28.1. The maximum Gasteiger partial charge on any atom is 0.255 e. The average Bonchev–Trinajstić information content (AvgIpc) is 3.39. The molecular formula is C29H37N3O8. The lowest BCUT2D eigenvalue weighted by molar-refractivity contribution is -0.146. The number of ketones is 2. The first-order valence-corrected chi connectivity index (χ1v) is 13.9. The van der Waals surface area contributed by atoms with E-state index >= 15 is 0 Å². The van der Waals surface area contributed by atoms with Gasteiger partial charge in [0.2, 0.25) is 5.78 Å². The van der Waals surface area contributed by atoms with Crippen molar-refractivity contribution in [1.29, 1.82) is 0 Å². The Labute approximate surface area is 232 Å². The molecule has 1 aromatic carbocycles. The molecular weight excluding hydrogens is 518 g/mol. The summed E-state index contributed by atoms with van der Waals surface area (Å²) in [6, 6.07) is 0.485. The Bertz CT molecular complexity index is 1350. The number of phenols is 1. The molecule has 3 aliphatic carbocycles. The summed E-state index contributed by atoms with van der Waals surface area (Å²) >= 11 is 0. The lowest BCUT2D eigenvalue weighted by atomic mass is 9.58. The molecule has 216 valence electrons. The number of benzene rings is 1. The second kappa shape index (κ2) is 10.2. The van der Waals surface area contributed by atoms with Crippen molar-refractivity contribution in [3.05, 3.63) is 45.4 Å². The molecule has 0 bridgehead atoms. The number of methoxy groups -OCH3 is 1. The topological polar surface area (TPSA) is 183 Å². The Balaban J connectivity index is 1.67. The van der Waals surface area contributed by atoms with Gasteiger partial charge in [-0.15, -0.1) is 0 Å². The van der Waals surface area contributed by atoms with E-state index in [0.29, 0.717) is 24.3 Å². The van der Waals surface area contributed by atoms with Crippen LogP contribution in [0.25, 0.3) is 0 Å². The number of aliphatic hydroxyl groups excluding tert-OH is 2. The largest absolute Gasteiger partial charge is 0.510 e. The van der Waals surface area contributed by atoms with Crippen LogP contribution >= 0.6 is 0 Å². The van der Waals surface area contributed by atoms with Gasteiger partial charge in [-0.25, -0.2) is 0 Å². The number of nitrogens with zero attached hydrogens (tertiary/aromatic N) is 1. The maximum absolute atomic E-state index is 13.9. The van der Waals surface area contributed by atoms with Crippen molar-refractivity contribution in [1.82, 2.24) is 10.2 Å². The van der Waals surface area contributed by atoms with Crippen LogP contribution in [0, 0.1) is 11.8 Å². The number of aromatic hydroxyl groups is 1. The van der Waals surface area contributed by atoms with Crippen molar-refractivity contribution in [2.24, 2.45) is 17.6 Å². The van der Waals surface area contributed by atoms with Crippen molar-refractivity contribution >= 4 is 17.5 Å². The molecule has 0 aromatic heterocycles. The van der Waals surface area contributed by atoms with Gasteiger partial charge in [-0.1, -0.05) is 13.8 Å². The van der Waals surface area contributed by atoms with Gasteiger partial charge in [-0.3, -0.25) is 19.3 Å². The molecule has 1 fully saturated rings. The number of nitrogens with one attached hydrogen (secondary N) is 1. The van der Waals surface area contributed by atoms with Crippen LogP contribution in [-0.2, 0) is 16.0 Å². The van der Waals surface area contributed by atoms with Crippen LogP contribution in [0.2, 0.25) is 0 Å². The molecule has 0 unspecified atom stereocenters. The predicted octanol–water partition coefficient (Wildman–Crippen LogP) is 1.72. The van der Waals surface area contributed by atoms with E-state index in [1.54, 1.807) is 0 Å². The zero-order valence-electron chi connectivity index (χ0n) is 23.0. The Hall–Kier alpha value is -3.41. The fraction of sp³-hybridized carbons (Fsp3) is 0.552. The van der Waals surface area contributed by atoms with E-state index in [4.69, 9.17) is 10.5 Å². The number of aliphatic hydroxyl groups is 3. The van der Waals surface area contributed by atoms with Crippen molar-refractivity contribution in [3.8, 4) is 11.5 Å². The number of ether oxygens (including phenoxy) is 1. The van der Waals surface area contributed by atoms with Crippen LogP contribution in [0.1, 0.15) is 67.1 Å². The second-order valence-corrected chi connectivity index (χ2v) is 11.1. The molecule has 1 saturated heterocycles. The molecule has 1 aliphatic heterocycles. The fourth-order valence-electron chi connectivity index (χ4n) is 7.33. The van der Waals surface area contributed by atoms with Crippen molar-refractivity contribution in [3.63, 3.8) is 0 Å². The second-order valence-electron chi connectivity index (χ2n) is 11.1. The van der Waals surface area contributed by atoms with Crippen LogP contribution in [0.3, 0.4) is 0 Å². The van der Waals surface area contributed by atoms with Gasteiger partial charge < -0.3 is 36.2 Å². The third-order valence-corrected chi connectivity index (χ3v) is 9.13. The van der Waals surface area contributed by atoms with Gasteiger partial charge in [0.15, 0.2) is 11.4 Å². The zero-order valence-corrected chi connectivity index (χ0v) is 23.0. The minimum atomic E-state index is -2.66. The monoisotopic (exact) mass is 555 g/mol. The number of rotatable bonds is 7. The smallest absolute Gasteiger partial charge is 0.255 e. The van der Waals surface area contributed by atoms with E-state index in [0.717, 1.165) is 31.5 Å². The summed E-state index contributed by atoms with van der Waals surface area (Å²) in [6.07, 6.45) is 2.74. The highest BCUT2D eigenvalue weighted by Gasteiger charge is 2.63. The van der Waals surface area contributed by atoms with Crippen LogP contribution in [-0.4, -0.2) is 81.2 Å². The highest BCUT2D eigenvalue weighted by atomic mass is 16.5. The van der Waals surface area contributed by atoms with Crippen LogP contribution < -0.4 is 15.8 Å². The van der Waals surface area contributed by atoms with Gasteiger partial charge in [-0.2, -0.15) is 0 Å². The van der Waals surface area contributed by atoms with E-state index in [1.807, 2.05) is 6.92 Å². The quantitative estimate of drug-likeness (QED) is 0.271. The van der Waals surface area contributed by atoms with E-state index in [-0.39, 0.29) is 35.8 Å². The Morgan fingerprint density at radius 1 is 1.25 bits per heavy atom. The molecule has 11 nitrogen and oxygen atoms in total. The number of phenolic OH excluding ortho intramolecular Hbond substituents is 1. The molecule has 4 aliphatic rings. The number of hydrogen-bond acceptors (Lipinski definition) is 10. The first-order chi connectivity index (χ1) is 19.0. The molecule has 7 N–H and O–H groups in total. The van der Waals surface area contributed by atoms with Gasteiger partial charge >= 0.3 is 0 Å². The molecule has 40 heavy (non-hydrogen) atoms.